The molecule has 0 bridgehead atoms. The molecular weight excluding hydrogens is 369 g/mol. The summed E-state index contributed by atoms with van der Waals surface area (Å²) in [4.78, 5) is 12.3. The number of rotatable bonds is 7. The Morgan fingerprint density at radius 3 is 2.23 bits per heavy atom. The number of halogens is 4. The first-order valence-electron chi connectivity index (χ1n) is 7.70. The van der Waals surface area contributed by atoms with Crippen molar-refractivity contribution in [3.05, 3.63) is 65.7 Å². The molecule has 0 aliphatic carbocycles. The van der Waals surface area contributed by atoms with Gasteiger partial charge in [-0.1, -0.05) is 42.5 Å². The van der Waals surface area contributed by atoms with Gasteiger partial charge in [0.1, 0.15) is 5.75 Å². The summed E-state index contributed by atoms with van der Waals surface area (Å²) in [5.74, 6) is -0.529. The van der Waals surface area contributed by atoms with Crippen LogP contribution in [0.15, 0.2) is 54.6 Å². The Hall–Kier alpha value is -2.25. The number of carbonyl (C=O) groups is 1. The van der Waals surface area contributed by atoms with E-state index in [0.717, 1.165) is 11.1 Å². The molecular formula is C18H20ClF3N2O2. The van der Waals surface area contributed by atoms with Crippen molar-refractivity contribution in [1.29, 1.82) is 0 Å². The van der Waals surface area contributed by atoms with Crippen molar-refractivity contribution in [2.24, 2.45) is 5.73 Å². The fourth-order valence-electron chi connectivity index (χ4n) is 2.26. The number of nitrogens with one attached hydrogen (secondary N) is 1. The molecule has 26 heavy (non-hydrogen) atoms. The first-order chi connectivity index (χ1) is 11.9. The largest absolute Gasteiger partial charge is 0.484 e. The van der Waals surface area contributed by atoms with Gasteiger partial charge in [0.25, 0.3) is 0 Å². The van der Waals surface area contributed by atoms with E-state index < -0.39 is 18.7 Å². The summed E-state index contributed by atoms with van der Waals surface area (Å²) in [5.41, 5.74) is 7.27. The maximum absolute atomic E-state index is 12.3. The normalized spacial score (nSPS) is 12.0. The van der Waals surface area contributed by atoms with E-state index >= 15 is 0 Å². The Morgan fingerprint density at radius 2 is 1.69 bits per heavy atom. The fraction of sp³-hybridized carbons (Fsp3) is 0.278. The second-order valence-electron chi connectivity index (χ2n) is 5.46. The molecule has 3 N–H and O–H groups in total. The molecule has 0 aromatic heterocycles. The molecule has 0 heterocycles. The van der Waals surface area contributed by atoms with Gasteiger partial charge in [-0.2, -0.15) is 13.2 Å². The number of ether oxygens (including phenoxy) is 1. The SMILES string of the molecule is Cl.NCC(C(=O)NCc1ccc(OCC(F)(F)F)cc1)c1ccccc1. The molecule has 0 radical (unpaired) electrons. The molecule has 2 rings (SSSR count). The Morgan fingerprint density at radius 1 is 1.08 bits per heavy atom. The van der Waals surface area contributed by atoms with Gasteiger partial charge in [-0.15, -0.1) is 12.4 Å². The maximum Gasteiger partial charge on any atom is 0.422 e. The molecule has 0 aliphatic rings. The van der Waals surface area contributed by atoms with Gasteiger partial charge in [-0.3, -0.25) is 4.79 Å². The molecule has 1 atom stereocenters. The van der Waals surface area contributed by atoms with Gasteiger partial charge in [-0.25, -0.2) is 0 Å². The number of alkyl halides is 3. The average molecular weight is 389 g/mol. The van der Waals surface area contributed by atoms with Gasteiger partial charge < -0.3 is 15.8 Å². The molecule has 1 unspecified atom stereocenters. The van der Waals surface area contributed by atoms with Gasteiger partial charge in [0, 0.05) is 13.1 Å². The predicted molar refractivity (Wildman–Crippen MR) is 95.3 cm³/mol. The van der Waals surface area contributed by atoms with E-state index in [9.17, 15) is 18.0 Å². The Bertz CT molecular complexity index is 679. The van der Waals surface area contributed by atoms with Crippen LogP contribution < -0.4 is 15.8 Å². The Balaban J connectivity index is 0.00000338. The zero-order chi connectivity index (χ0) is 18.3. The minimum atomic E-state index is -4.37. The standard InChI is InChI=1S/C18H19F3N2O2.ClH/c19-18(20,21)12-25-15-8-6-13(7-9-15)11-23-17(24)16(10-22)14-4-2-1-3-5-14;/h1-9,16H,10-12,22H2,(H,23,24);1H. The van der Waals surface area contributed by atoms with Gasteiger partial charge in [0.15, 0.2) is 6.61 Å². The number of nitrogens with two attached hydrogens (primary N) is 1. The van der Waals surface area contributed by atoms with Crippen molar-refractivity contribution in [2.45, 2.75) is 18.6 Å². The molecule has 0 spiro atoms. The molecule has 0 saturated carbocycles. The number of hydrogen-bond acceptors (Lipinski definition) is 3. The molecule has 0 aliphatic heterocycles. The van der Waals surface area contributed by atoms with Crippen LogP contribution in [0.25, 0.3) is 0 Å². The number of benzene rings is 2. The highest BCUT2D eigenvalue weighted by Crippen LogP contribution is 2.19. The summed E-state index contributed by atoms with van der Waals surface area (Å²) >= 11 is 0. The molecule has 1 amide bonds. The minimum absolute atomic E-state index is 0. The molecule has 4 nitrogen and oxygen atoms in total. The van der Waals surface area contributed by atoms with Gasteiger partial charge in [0.05, 0.1) is 5.92 Å². The van der Waals surface area contributed by atoms with Gasteiger partial charge >= 0.3 is 6.18 Å². The van der Waals surface area contributed by atoms with Crippen LogP contribution >= 0.6 is 12.4 Å². The monoisotopic (exact) mass is 388 g/mol. The van der Waals surface area contributed by atoms with E-state index in [0.29, 0.717) is 0 Å². The van der Waals surface area contributed by atoms with E-state index in [-0.39, 0.29) is 37.2 Å². The third-order valence-corrected chi connectivity index (χ3v) is 3.55. The summed E-state index contributed by atoms with van der Waals surface area (Å²) in [6.45, 7) is -0.903. The van der Waals surface area contributed by atoms with Crippen molar-refractivity contribution in [3.8, 4) is 5.75 Å². The lowest BCUT2D eigenvalue weighted by molar-refractivity contribution is -0.153. The van der Waals surface area contributed by atoms with Crippen molar-refractivity contribution < 1.29 is 22.7 Å². The minimum Gasteiger partial charge on any atom is -0.484 e. The summed E-state index contributed by atoms with van der Waals surface area (Å²) in [6, 6.07) is 15.3. The molecule has 2 aromatic rings. The predicted octanol–water partition coefficient (Wildman–Crippen LogP) is 3.41. The molecule has 2 aromatic carbocycles. The van der Waals surface area contributed by atoms with Crippen LogP contribution in [0.2, 0.25) is 0 Å². The summed E-state index contributed by atoms with van der Waals surface area (Å²) in [5, 5.41) is 2.78. The van der Waals surface area contributed by atoms with E-state index in [2.05, 4.69) is 10.1 Å². The zero-order valence-corrected chi connectivity index (χ0v) is 14.6. The van der Waals surface area contributed by atoms with Gasteiger partial charge in [-0.05, 0) is 23.3 Å². The zero-order valence-electron chi connectivity index (χ0n) is 13.8. The number of carbonyl (C=O) groups excluding carboxylic acids is 1. The van der Waals surface area contributed by atoms with E-state index in [4.69, 9.17) is 5.73 Å². The van der Waals surface area contributed by atoms with E-state index in [1.165, 1.54) is 12.1 Å². The topological polar surface area (TPSA) is 64.4 Å². The van der Waals surface area contributed by atoms with Crippen molar-refractivity contribution in [3.63, 3.8) is 0 Å². The van der Waals surface area contributed by atoms with Crippen LogP contribution in [-0.4, -0.2) is 25.2 Å². The van der Waals surface area contributed by atoms with E-state index in [1.54, 1.807) is 12.1 Å². The summed E-state index contributed by atoms with van der Waals surface area (Å²) in [6.07, 6.45) is -4.37. The maximum atomic E-state index is 12.3. The number of amides is 1. The first-order valence-corrected chi connectivity index (χ1v) is 7.70. The van der Waals surface area contributed by atoms with Crippen LogP contribution in [0.4, 0.5) is 13.2 Å². The summed E-state index contributed by atoms with van der Waals surface area (Å²) in [7, 11) is 0. The third kappa shape index (κ3) is 6.93. The van der Waals surface area contributed by atoms with Crippen molar-refractivity contribution >= 4 is 18.3 Å². The lowest BCUT2D eigenvalue weighted by Gasteiger charge is -2.15. The summed E-state index contributed by atoms with van der Waals surface area (Å²) < 4.78 is 40.9. The molecule has 8 heteroatoms. The second-order valence-corrected chi connectivity index (χ2v) is 5.46. The van der Waals surface area contributed by atoms with Crippen LogP contribution in [0.1, 0.15) is 17.0 Å². The highest BCUT2D eigenvalue weighted by atomic mass is 35.5. The third-order valence-electron chi connectivity index (χ3n) is 3.55. The van der Waals surface area contributed by atoms with E-state index in [1.807, 2.05) is 30.3 Å². The second kappa shape index (κ2) is 10.0. The van der Waals surface area contributed by atoms with Crippen LogP contribution in [0.3, 0.4) is 0 Å². The lowest BCUT2D eigenvalue weighted by Crippen LogP contribution is -2.33. The molecule has 0 saturated heterocycles. The smallest absolute Gasteiger partial charge is 0.422 e. The van der Waals surface area contributed by atoms with Crippen LogP contribution in [-0.2, 0) is 11.3 Å². The Kier molecular flexibility index (Phi) is 8.41. The highest BCUT2D eigenvalue weighted by molar-refractivity contribution is 5.85. The first kappa shape index (κ1) is 21.8. The quantitative estimate of drug-likeness (QED) is 0.764. The molecule has 0 fully saturated rings. The molecule has 142 valence electrons. The van der Waals surface area contributed by atoms with Crippen LogP contribution in [0.5, 0.6) is 5.75 Å². The van der Waals surface area contributed by atoms with Crippen molar-refractivity contribution in [1.82, 2.24) is 5.32 Å². The number of hydrogen-bond donors (Lipinski definition) is 2. The van der Waals surface area contributed by atoms with Gasteiger partial charge in [0.2, 0.25) is 5.91 Å². The average Bonchev–Trinajstić information content (AvgIpc) is 2.60. The van der Waals surface area contributed by atoms with Crippen LogP contribution in [0, 0.1) is 0 Å². The highest BCUT2D eigenvalue weighted by Gasteiger charge is 2.28. The fourth-order valence-corrected chi connectivity index (χ4v) is 2.26. The lowest BCUT2D eigenvalue weighted by atomic mass is 9.98. The van der Waals surface area contributed by atoms with Crippen molar-refractivity contribution in [2.75, 3.05) is 13.2 Å². The Labute approximate surface area is 155 Å².